The molecule has 9 heteroatoms. The Hall–Kier alpha value is -3.43. The number of hydrogen-bond acceptors (Lipinski definition) is 3. The van der Waals surface area contributed by atoms with E-state index >= 15 is 0 Å². The van der Waals surface area contributed by atoms with E-state index in [-0.39, 0.29) is 18.3 Å². The fourth-order valence-corrected chi connectivity index (χ4v) is 4.46. The molecule has 2 atom stereocenters. The maximum absolute atomic E-state index is 12.8. The second kappa shape index (κ2) is 10.5. The third-order valence-electron chi connectivity index (χ3n) is 5.64. The fourth-order valence-electron chi connectivity index (χ4n) is 3.83. The summed E-state index contributed by atoms with van der Waals surface area (Å²) in [6.07, 6.45) is -0.922. The predicted octanol–water partition coefficient (Wildman–Crippen LogP) is 6.04. The Kier molecular flexibility index (Phi) is 7.37. The van der Waals surface area contributed by atoms with Crippen molar-refractivity contribution in [2.75, 3.05) is 5.75 Å². The maximum atomic E-state index is 12.8. The largest absolute Gasteiger partial charge is 0.489 e. The van der Waals surface area contributed by atoms with Crippen molar-refractivity contribution in [3.63, 3.8) is 0 Å². The molecule has 2 unspecified atom stereocenters. The molecule has 4 aromatic rings. The molecule has 35 heavy (non-hydrogen) atoms. The summed E-state index contributed by atoms with van der Waals surface area (Å²) in [5, 5.41) is 0. The average Bonchev–Trinajstić information content (AvgIpc) is 3.27. The van der Waals surface area contributed by atoms with Crippen LogP contribution < -0.4 is 4.74 Å². The van der Waals surface area contributed by atoms with Gasteiger partial charge in [0.2, 0.25) is 0 Å². The fraction of sp³-hybridized carbons (Fsp3) is 0.192. The summed E-state index contributed by atoms with van der Waals surface area (Å²) in [5.74, 6) is 1.01. The first kappa shape index (κ1) is 24.7. The van der Waals surface area contributed by atoms with E-state index in [9.17, 15) is 21.9 Å². The van der Waals surface area contributed by atoms with E-state index in [4.69, 9.17) is 4.74 Å². The number of ether oxygens (including phenoxy) is 1. The van der Waals surface area contributed by atoms with E-state index in [1.54, 1.807) is 24.5 Å². The summed E-state index contributed by atoms with van der Waals surface area (Å²) < 4.78 is 67.1. The predicted molar refractivity (Wildman–Crippen MR) is 128 cm³/mol. The van der Waals surface area contributed by atoms with Gasteiger partial charge in [-0.25, -0.2) is 9.19 Å². The highest BCUT2D eigenvalue weighted by atomic mass is 32.2. The summed E-state index contributed by atoms with van der Waals surface area (Å²) in [6, 6.07) is 19.8. The molecule has 0 saturated carbocycles. The molecule has 0 bridgehead atoms. The summed E-state index contributed by atoms with van der Waals surface area (Å²) in [4.78, 5) is 4.32. The molecule has 0 aliphatic heterocycles. The summed E-state index contributed by atoms with van der Waals surface area (Å²) in [6.45, 7) is 0.275. The second-order valence-electron chi connectivity index (χ2n) is 8.07. The number of nitrogens with zero attached hydrogens (tertiary/aromatic N) is 2. The minimum atomic E-state index is -4.36. The number of halogens is 3. The molecule has 0 aliphatic carbocycles. The number of imidazole rings is 1. The maximum Gasteiger partial charge on any atom is 0.416 e. The number of aromatic nitrogens is 2. The number of aryl methyl sites for hydroxylation is 1. The van der Waals surface area contributed by atoms with Crippen molar-refractivity contribution in [1.29, 1.82) is 0 Å². The molecule has 3 aromatic carbocycles. The van der Waals surface area contributed by atoms with Gasteiger partial charge in [-0.3, -0.25) is 0 Å². The first-order valence-corrected chi connectivity index (χ1v) is 12.0. The molecule has 5 nitrogen and oxygen atoms in total. The van der Waals surface area contributed by atoms with Gasteiger partial charge in [0.15, 0.2) is 11.1 Å². The van der Waals surface area contributed by atoms with Gasteiger partial charge >= 0.3 is 6.18 Å². The Labute approximate surface area is 203 Å². The third kappa shape index (κ3) is 6.17. The van der Waals surface area contributed by atoms with Crippen molar-refractivity contribution in [3.05, 3.63) is 108 Å². The average molecular weight is 501 g/mol. The SMILES string of the molecule is Cn1ccnc1C(CS(=O)O)c1ccc(OCc2cccc(-c3ccc(C(F)(F)F)cc3)c2)cc1. The van der Waals surface area contributed by atoms with E-state index in [1.807, 2.05) is 48.0 Å². The minimum absolute atomic E-state index is 0.0296. The van der Waals surface area contributed by atoms with Crippen LogP contribution in [0.2, 0.25) is 0 Å². The molecule has 0 aliphatic rings. The first-order valence-electron chi connectivity index (χ1n) is 10.7. The van der Waals surface area contributed by atoms with Crippen LogP contribution in [0.5, 0.6) is 5.75 Å². The van der Waals surface area contributed by atoms with Crippen molar-refractivity contribution in [2.24, 2.45) is 7.05 Å². The van der Waals surface area contributed by atoms with Crippen LogP contribution in [0, 0.1) is 0 Å². The highest BCUT2D eigenvalue weighted by Crippen LogP contribution is 2.31. The van der Waals surface area contributed by atoms with Gasteiger partial charge in [-0.15, -0.1) is 0 Å². The summed E-state index contributed by atoms with van der Waals surface area (Å²) >= 11 is -1.99. The lowest BCUT2D eigenvalue weighted by molar-refractivity contribution is -0.137. The van der Waals surface area contributed by atoms with Gasteiger partial charge in [0.1, 0.15) is 18.2 Å². The molecule has 0 amide bonds. The van der Waals surface area contributed by atoms with Crippen LogP contribution in [0.15, 0.2) is 85.2 Å². The van der Waals surface area contributed by atoms with Crippen molar-refractivity contribution in [1.82, 2.24) is 9.55 Å². The van der Waals surface area contributed by atoms with Gasteiger partial charge in [-0.05, 0) is 52.6 Å². The highest BCUT2D eigenvalue weighted by molar-refractivity contribution is 7.79. The van der Waals surface area contributed by atoms with Crippen LogP contribution in [0.4, 0.5) is 13.2 Å². The lowest BCUT2D eigenvalue weighted by Crippen LogP contribution is -2.15. The number of rotatable bonds is 8. The molecule has 0 radical (unpaired) electrons. The molecule has 0 fully saturated rings. The number of benzene rings is 3. The zero-order valence-corrected chi connectivity index (χ0v) is 19.6. The zero-order valence-electron chi connectivity index (χ0n) is 18.8. The van der Waals surface area contributed by atoms with E-state index in [2.05, 4.69) is 4.98 Å². The van der Waals surface area contributed by atoms with E-state index in [1.165, 1.54) is 12.1 Å². The first-order chi connectivity index (χ1) is 16.7. The Morgan fingerprint density at radius 3 is 2.34 bits per heavy atom. The van der Waals surface area contributed by atoms with Crippen molar-refractivity contribution in [3.8, 4) is 16.9 Å². The van der Waals surface area contributed by atoms with Crippen LogP contribution >= 0.6 is 0 Å². The van der Waals surface area contributed by atoms with E-state index in [0.717, 1.165) is 28.8 Å². The van der Waals surface area contributed by atoms with Gasteiger partial charge in [-0.2, -0.15) is 13.2 Å². The van der Waals surface area contributed by atoms with Gasteiger partial charge in [0, 0.05) is 19.4 Å². The van der Waals surface area contributed by atoms with Gasteiger partial charge in [-0.1, -0.05) is 42.5 Å². The number of hydrogen-bond donors (Lipinski definition) is 1. The van der Waals surface area contributed by atoms with Crippen molar-refractivity contribution in [2.45, 2.75) is 18.7 Å². The molecule has 182 valence electrons. The molecule has 0 saturated heterocycles. The Morgan fingerprint density at radius 2 is 1.74 bits per heavy atom. The highest BCUT2D eigenvalue weighted by Gasteiger charge is 2.30. The molecule has 1 aromatic heterocycles. The molecule has 1 N–H and O–H groups in total. The van der Waals surface area contributed by atoms with Crippen LogP contribution in [0.3, 0.4) is 0 Å². The Balaban J connectivity index is 1.45. The van der Waals surface area contributed by atoms with Crippen LogP contribution in [-0.2, 0) is 30.9 Å². The standard InChI is InChI=1S/C26H23F3N2O3S/c1-31-14-13-30-25(31)24(17-35(32)33)20-7-11-23(12-8-20)34-16-18-3-2-4-21(15-18)19-5-9-22(10-6-19)26(27,28)29/h2-15,24H,16-17H2,1H3,(H,32,33). The molecular weight excluding hydrogens is 477 g/mol. The minimum Gasteiger partial charge on any atom is -0.489 e. The summed E-state index contributed by atoms with van der Waals surface area (Å²) in [7, 11) is 1.84. The van der Waals surface area contributed by atoms with Crippen LogP contribution in [-0.4, -0.2) is 24.1 Å². The third-order valence-corrected chi connectivity index (χ3v) is 6.26. The zero-order chi connectivity index (χ0) is 25.0. The Bertz CT molecular complexity index is 1300. The number of alkyl halides is 3. The molecule has 0 spiro atoms. The molecule has 4 rings (SSSR count). The Morgan fingerprint density at radius 1 is 1.03 bits per heavy atom. The summed E-state index contributed by atoms with van der Waals surface area (Å²) in [5.41, 5.74) is 2.52. The lowest BCUT2D eigenvalue weighted by Gasteiger charge is -2.16. The topological polar surface area (TPSA) is 64.4 Å². The quantitative estimate of drug-likeness (QED) is 0.300. The molecule has 1 heterocycles. The second-order valence-corrected chi connectivity index (χ2v) is 9.05. The lowest BCUT2D eigenvalue weighted by atomic mass is 10.00. The van der Waals surface area contributed by atoms with Gasteiger partial charge in [0.25, 0.3) is 0 Å². The van der Waals surface area contributed by atoms with Crippen LogP contribution in [0.1, 0.15) is 28.4 Å². The van der Waals surface area contributed by atoms with E-state index in [0.29, 0.717) is 17.1 Å². The van der Waals surface area contributed by atoms with Gasteiger partial charge < -0.3 is 13.9 Å². The van der Waals surface area contributed by atoms with Crippen molar-refractivity contribution >= 4 is 11.1 Å². The molecular formula is C26H23F3N2O3S. The smallest absolute Gasteiger partial charge is 0.416 e. The monoisotopic (exact) mass is 500 g/mol. The van der Waals surface area contributed by atoms with E-state index < -0.39 is 22.8 Å². The normalized spacial score (nSPS) is 13.4. The van der Waals surface area contributed by atoms with Gasteiger partial charge in [0.05, 0.1) is 17.2 Å². The van der Waals surface area contributed by atoms with Crippen LogP contribution in [0.25, 0.3) is 11.1 Å². The van der Waals surface area contributed by atoms with Crippen molar-refractivity contribution < 1.29 is 26.7 Å².